The summed E-state index contributed by atoms with van der Waals surface area (Å²) in [6, 6.07) is 0. The van der Waals surface area contributed by atoms with E-state index in [1.165, 1.54) is 6.42 Å². The average Bonchev–Trinajstić information content (AvgIpc) is 3.13. The van der Waals surface area contributed by atoms with Gasteiger partial charge in [-0.05, 0) is 31.1 Å². The molecule has 0 bridgehead atoms. The molecule has 0 N–H and O–H groups in total. The van der Waals surface area contributed by atoms with Crippen LogP contribution in [0.4, 0.5) is 5.82 Å². The Morgan fingerprint density at radius 3 is 2.45 bits per heavy atom. The van der Waals surface area contributed by atoms with Crippen LogP contribution in [0.3, 0.4) is 0 Å². The number of aromatic nitrogens is 2. The molecular formula is C15H20N4O. The third kappa shape index (κ3) is 2.15. The van der Waals surface area contributed by atoms with Crippen molar-refractivity contribution in [2.45, 2.75) is 19.3 Å². The summed E-state index contributed by atoms with van der Waals surface area (Å²) in [6.07, 6.45) is 8.88. The first kappa shape index (κ1) is 12.1. The first-order valence-corrected chi connectivity index (χ1v) is 7.61. The zero-order valence-corrected chi connectivity index (χ0v) is 11.6. The highest BCUT2D eigenvalue weighted by atomic mass is 16.2. The van der Waals surface area contributed by atoms with Crippen LogP contribution in [0.1, 0.15) is 19.3 Å². The highest BCUT2D eigenvalue weighted by Crippen LogP contribution is 2.54. The van der Waals surface area contributed by atoms with Crippen LogP contribution >= 0.6 is 0 Å². The van der Waals surface area contributed by atoms with Crippen LogP contribution in [0.15, 0.2) is 18.6 Å². The van der Waals surface area contributed by atoms with Gasteiger partial charge in [-0.3, -0.25) is 9.78 Å². The molecular weight excluding hydrogens is 252 g/mol. The summed E-state index contributed by atoms with van der Waals surface area (Å²) in [5, 5.41) is 0. The molecule has 4 rings (SSSR count). The van der Waals surface area contributed by atoms with Crippen LogP contribution in [0.2, 0.25) is 0 Å². The molecule has 20 heavy (non-hydrogen) atoms. The fourth-order valence-corrected chi connectivity index (χ4v) is 3.79. The highest BCUT2D eigenvalue weighted by molar-refractivity contribution is 5.79. The molecule has 0 aromatic carbocycles. The van der Waals surface area contributed by atoms with E-state index in [4.69, 9.17) is 0 Å². The van der Waals surface area contributed by atoms with Crippen LogP contribution in [0, 0.1) is 17.8 Å². The fourth-order valence-electron chi connectivity index (χ4n) is 3.79. The van der Waals surface area contributed by atoms with Crippen molar-refractivity contribution >= 4 is 11.7 Å². The Kier molecular flexibility index (Phi) is 2.86. The smallest absolute Gasteiger partial charge is 0.225 e. The van der Waals surface area contributed by atoms with E-state index in [2.05, 4.69) is 19.8 Å². The van der Waals surface area contributed by atoms with E-state index in [1.807, 2.05) is 0 Å². The summed E-state index contributed by atoms with van der Waals surface area (Å²) in [4.78, 5) is 25.2. The number of hydrogen-bond donors (Lipinski definition) is 0. The number of fused-ring (bicyclic) bond motifs is 1. The molecule has 0 radical (unpaired) electrons. The van der Waals surface area contributed by atoms with Crippen molar-refractivity contribution < 1.29 is 4.79 Å². The van der Waals surface area contributed by atoms with E-state index in [-0.39, 0.29) is 0 Å². The molecule has 3 aliphatic rings. The Labute approximate surface area is 119 Å². The van der Waals surface area contributed by atoms with Crippen LogP contribution in [-0.2, 0) is 4.79 Å². The standard InChI is InChI=1S/C15H20N4O/c20-15(13-8-11-7-12(11)9-13)19-5-3-18(4-6-19)14-10-16-1-2-17-14/h1-2,10-13H,3-9H2. The van der Waals surface area contributed by atoms with Crippen LogP contribution in [0.25, 0.3) is 0 Å². The van der Waals surface area contributed by atoms with Gasteiger partial charge >= 0.3 is 0 Å². The van der Waals surface area contributed by atoms with E-state index in [1.54, 1.807) is 18.6 Å². The summed E-state index contributed by atoms with van der Waals surface area (Å²) >= 11 is 0. The van der Waals surface area contributed by atoms with Gasteiger partial charge in [0.05, 0.1) is 6.20 Å². The molecule has 2 atom stereocenters. The molecule has 5 nitrogen and oxygen atoms in total. The molecule has 2 aliphatic carbocycles. The predicted octanol–water partition coefficient (Wildman–Crippen LogP) is 1.17. The maximum atomic E-state index is 12.5. The minimum Gasteiger partial charge on any atom is -0.352 e. The summed E-state index contributed by atoms with van der Waals surface area (Å²) in [5.41, 5.74) is 0. The number of hydrogen-bond acceptors (Lipinski definition) is 4. The summed E-state index contributed by atoms with van der Waals surface area (Å²) < 4.78 is 0. The lowest BCUT2D eigenvalue weighted by Gasteiger charge is -2.36. The Morgan fingerprint density at radius 2 is 1.80 bits per heavy atom. The molecule has 1 aliphatic heterocycles. The molecule has 5 heteroatoms. The van der Waals surface area contributed by atoms with Crippen molar-refractivity contribution in [2.24, 2.45) is 17.8 Å². The largest absolute Gasteiger partial charge is 0.352 e. The van der Waals surface area contributed by atoms with E-state index >= 15 is 0 Å². The summed E-state index contributed by atoms with van der Waals surface area (Å²) in [5.74, 6) is 3.40. The van der Waals surface area contributed by atoms with Gasteiger partial charge in [0.1, 0.15) is 5.82 Å². The predicted molar refractivity (Wildman–Crippen MR) is 75.1 cm³/mol. The van der Waals surface area contributed by atoms with Gasteiger partial charge in [0.25, 0.3) is 0 Å². The monoisotopic (exact) mass is 272 g/mol. The molecule has 106 valence electrons. The Balaban J connectivity index is 1.34. The van der Waals surface area contributed by atoms with Crippen molar-refractivity contribution in [3.63, 3.8) is 0 Å². The molecule has 2 saturated carbocycles. The van der Waals surface area contributed by atoms with Gasteiger partial charge in [-0.15, -0.1) is 0 Å². The van der Waals surface area contributed by atoms with Crippen molar-refractivity contribution in [2.75, 3.05) is 31.1 Å². The third-order valence-electron chi connectivity index (χ3n) is 5.06. The van der Waals surface area contributed by atoms with Crippen molar-refractivity contribution in [3.8, 4) is 0 Å². The molecule has 2 heterocycles. The Hall–Kier alpha value is -1.65. The molecule has 1 amide bonds. The summed E-state index contributed by atoms with van der Waals surface area (Å²) in [7, 11) is 0. The molecule has 2 unspecified atom stereocenters. The topological polar surface area (TPSA) is 49.3 Å². The number of carbonyl (C=O) groups excluding carboxylic acids is 1. The van der Waals surface area contributed by atoms with Gasteiger partial charge in [-0.1, -0.05) is 0 Å². The van der Waals surface area contributed by atoms with E-state index in [0.29, 0.717) is 11.8 Å². The molecule has 1 aromatic rings. The van der Waals surface area contributed by atoms with E-state index < -0.39 is 0 Å². The van der Waals surface area contributed by atoms with E-state index in [9.17, 15) is 4.79 Å². The maximum Gasteiger partial charge on any atom is 0.225 e. The van der Waals surface area contributed by atoms with Gasteiger partial charge in [0, 0.05) is 44.5 Å². The molecule has 1 aromatic heterocycles. The van der Waals surface area contributed by atoms with Gasteiger partial charge < -0.3 is 9.80 Å². The van der Waals surface area contributed by atoms with Crippen molar-refractivity contribution in [1.82, 2.24) is 14.9 Å². The first-order valence-electron chi connectivity index (χ1n) is 7.61. The lowest BCUT2D eigenvalue weighted by molar-refractivity contribution is -0.136. The van der Waals surface area contributed by atoms with Crippen molar-refractivity contribution in [1.29, 1.82) is 0 Å². The Morgan fingerprint density at radius 1 is 1.05 bits per heavy atom. The fraction of sp³-hybridized carbons (Fsp3) is 0.667. The number of piperazine rings is 1. The zero-order chi connectivity index (χ0) is 13.5. The summed E-state index contributed by atoms with van der Waals surface area (Å²) in [6.45, 7) is 3.37. The number of rotatable bonds is 2. The number of amides is 1. The van der Waals surface area contributed by atoms with Gasteiger partial charge in [0.2, 0.25) is 5.91 Å². The van der Waals surface area contributed by atoms with Gasteiger partial charge in [-0.25, -0.2) is 4.98 Å². The molecule has 3 fully saturated rings. The lowest BCUT2D eigenvalue weighted by atomic mass is 10.0. The maximum absolute atomic E-state index is 12.5. The quantitative estimate of drug-likeness (QED) is 0.811. The second-order valence-corrected chi connectivity index (χ2v) is 6.30. The second-order valence-electron chi connectivity index (χ2n) is 6.30. The number of anilines is 1. The van der Waals surface area contributed by atoms with Crippen LogP contribution in [0.5, 0.6) is 0 Å². The second kappa shape index (κ2) is 4.72. The minimum absolute atomic E-state index is 0.321. The van der Waals surface area contributed by atoms with Crippen LogP contribution < -0.4 is 4.90 Å². The van der Waals surface area contributed by atoms with Gasteiger partial charge in [-0.2, -0.15) is 0 Å². The zero-order valence-electron chi connectivity index (χ0n) is 11.6. The highest BCUT2D eigenvalue weighted by Gasteiger charge is 2.48. The normalized spacial score (nSPS) is 32.1. The minimum atomic E-state index is 0.321. The van der Waals surface area contributed by atoms with Gasteiger partial charge in [0.15, 0.2) is 0 Å². The third-order valence-corrected chi connectivity index (χ3v) is 5.06. The SMILES string of the molecule is O=C(C1CC2CC2C1)N1CCN(c2cnccn2)CC1. The molecule has 1 saturated heterocycles. The molecule has 0 spiro atoms. The van der Waals surface area contributed by atoms with Crippen molar-refractivity contribution in [3.05, 3.63) is 18.6 Å². The lowest BCUT2D eigenvalue weighted by Crippen LogP contribution is -2.50. The first-order chi connectivity index (χ1) is 9.81. The Bertz CT molecular complexity index is 488. The average molecular weight is 272 g/mol. The van der Waals surface area contributed by atoms with Crippen LogP contribution in [-0.4, -0.2) is 47.0 Å². The number of carbonyl (C=O) groups is 1. The number of nitrogens with zero attached hydrogens (tertiary/aromatic N) is 4. The van der Waals surface area contributed by atoms with E-state index in [0.717, 1.165) is 56.7 Å².